The van der Waals surface area contributed by atoms with Crippen molar-refractivity contribution in [3.8, 4) is 12.3 Å². The van der Waals surface area contributed by atoms with E-state index in [0.717, 1.165) is 19.4 Å². The number of terminal acetylenes is 1. The largest absolute Gasteiger partial charge is 0.338 e. The zero-order valence-corrected chi connectivity index (χ0v) is 9.38. The highest BCUT2D eigenvalue weighted by Crippen LogP contribution is 2.22. The van der Waals surface area contributed by atoms with Crippen molar-refractivity contribution >= 4 is 21.8 Å². The van der Waals surface area contributed by atoms with Gasteiger partial charge in [-0.2, -0.15) is 0 Å². The maximum Gasteiger partial charge on any atom is 0.236 e. The number of rotatable bonds is 3. The van der Waals surface area contributed by atoms with Crippen LogP contribution in [0.25, 0.3) is 0 Å². The van der Waals surface area contributed by atoms with Gasteiger partial charge in [0, 0.05) is 19.0 Å². The van der Waals surface area contributed by atoms with E-state index in [1.807, 2.05) is 4.90 Å². The smallest absolute Gasteiger partial charge is 0.236 e. The molecule has 0 aromatic carbocycles. The number of likely N-dealkylation sites (tertiary alicyclic amines) is 1. The maximum absolute atomic E-state index is 11.6. The van der Waals surface area contributed by atoms with Gasteiger partial charge in [0.1, 0.15) is 0 Å². The highest BCUT2D eigenvalue weighted by molar-refractivity contribution is 9.10. The second-order valence-electron chi connectivity index (χ2n) is 3.26. The zero-order chi connectivity index (χ0) is 9.84. The molecule has 1 saturated heterocycles. The predicted molar refractivity (Wildman–Crippen MR) is 56.6 cm³/mol. The minimum Gasteiger partial charge on any atom is -0.338 e. The molecule has 2 nitrogen and oxygen atoms in total. The number of halogens is 1. The molecular weight excluding hydrogens is 230 g/mol. The number of alkyl halides is 1. The number of hydrogen-bond acceptors (Lipinski definition) is 1. The van der Waals surface area contributed by atoms with Gasteiger partial charge in [0.2, 0.25) is 5.91 Å². The van der Waals surface area contributed by atoms with E-state index in [1.165, 1.54) is 0 Å². The monoisotopic (exact) mass is 243 g/mol. The molecule has 1 heterocycles. The Kier molecular flexibility index (Phi) is 3.80. The summed E-state index contributed by atoms with van der Waals surface area (Å²) in [6.45, 7) is 2.91. The summed E-state index contributed by atoms with van der Waals surface area (Å²) in [6.07, 6.45) is 7.76. The van der Waals surface area contributed by atoms with E-state index < -0.39 is 0 Å². The summed E-state index contributed by atoms with van der Waals surface area (Å²) in [6, 6.07) is 0.236. The molecule has 1 aliphatic heterocycles. The highest BCUT2D eigenvalue weighted by Gasteiger charge is 2.32. The van der Waals surface area contributed by atoms with Crippen molar-refractivity contribution in [1.29, 1.82) is 0 Å². The number of amides is 1. The molecule has 1 aliphatic rings. The van der Waals surface area contributed by atoms with Crippen LogP contribution >= 0.6 is 15.9 Å². The van der Waals surface area contributed by atoms with Crippen molar-refractivity contribution in [2.24, 2.45) is 0 Å². The Morgan fingerprint density at radius 2 is 2.54 bits per heavy atom. The van der Waals surface area contributed by atoms with E-state index in [9.17, 15) is 4.79 Å². The lowest BCUT2D eigenvalue weighted by atomic mass is 10.1. The molecule has 13 heavy (non-hydrogen) atoms. The summed E-state index contributed by atoms with van der Waals surface area (Å²) in [7, 11) is 0. The SMILES string of the molecule is C#CCC(CC)N1CCC(Br)C1=O. The van der Waals surface area contributed by atoms with E-state index in [0.29, 0.717) is 6.42 Å². The van der Waals surface area contributed by atoms with Crippen LogP contribution in [0.2, 0.25) is 0 Å². The van der Waals surface area contributed by atoms with Gasteiger partial charge in [0.05, 0.1) is 4.83 Å². The van der Waals surface area contributed by atoms with E-state index in [4.69, 9.17) is 6.42 Å². The average molecular weight is 244 g/mol. The van der Waals surface area contributed by atoms with Crippen molar-refractivity contribution < 1.29 is 4.79 Å². The van der Waals surface area contributed by atoms with Crippen LogP contribution in [0.15, 0.2) is 0 Å². The number of nitrogens with zero attached hydrogens (tertiary/aromatic N) is 1. The number of carbonyl (C=O) groups excluding carboxylic acids is 1. The second kappa shape index (κ2) is 4.66. The van der Waals surface area contributed by atoms with E-state index in [1.54, 1.807) is 0 Å². The quantitative estimate of drug-likeness (QED) is 0.547. The molecule has 3 heteroatoms. The van der Waals surface area contributed by atoms with Gasteiger partial charge in [0.25, 0.3) is 0 Å². The molecule has 0 spiro atoms. The molecule has 0 N–H and O–H groups in total. The third-order valence-corrected chi connectivity index (χ3v) is 3.29. The summed E-state index contributed by atoms with van der Waals surface area (Å²) in [4.78, 5) is 13.5. The minimum atomic E-state index is 0.0133. The fourth-order valence-electron chi connectivity index (χ4n) is 1.64. The van der Waals surface area contributed by atoms with E-state index in [-0.39, 0.29) is 16.8 Å². The molecule has 1 amide bonds. The molecule has 0 bridgehead atoms. The Bertz CT molecular complexity index is 234. The average Bonchev–Trinajstić information content (AvgIpc) is 2.45. The van der Waals surface area contributed by atoms with Crippen molar-refractivity contribution in [2.75, 3.05) is 6.54 Å². The van der Waals surface area contributed by atoms with Gasteiger partial charge in [0.15, 0.2) is 0 Å². The Morgan fingerprint density at radius 1 is 1.85 bits per heavy atom. The van der Waals surface area contributed by atoms with Gasteiger partial charge in [-0.3, -0.25) is 4.79 Å². The van der Waals surface area contributed by atoms with Crippen molar-refractivity contribution in [3.05, 3.63) is 0 Å². The van der Waals surface area contributed by atoms with E-state index in [2.05, 4.69) is 28.8 Å². The Balaban J connectivity index is 2.60. The van der Waals surface area contributed by atoms with Crippen LogP contribution < -0.4 is 0 Å². The third kappa shape index (κ3) is 2.25. The lowest BCUT2D eigenvalue weighted by Crippen LogP contribution is -2.37. The van der Waals surface area contributed by atoms with E-state index >= 15 is 0 Å². The lowest BCUT2D eigenvalue weighted by molar-refractivity contribution is -0.129. The number of carbonyl (C=O) groups is 1. The predicted octanol–water partition coefficient (Wildman–Crippen LogP) is 1.78. The first kappa shape index (κ1) is 10.6. The summed E-state index contributed by atoms with van der Waals surface area (Å²) in [5, 5.41) is 0. The van der Waals surface area contributed by atoms with Crippen molar-refractivity contribution in [3.63, 3.8) is 0 Å². The van der Waals surface area contributed by atoms with Crippen molar-refractivity contribution in [2.45, 2.75) is 37.1 Å². The standard InChI is InChI=1S/C10H14BrNO/c1-3-5-8(4-2)12-7-6-9(11)10(12)13/h1,8-9H,4-7H2,2H3. The Morgan fingerprint density at radius 3 is 2.92 bits per heavy atom. The molecule has 0 aromatic heterocycles. The molecule has 2 atom stereocenters. The van der Waals surface area contributed by atoms with Gasteiger partial charge in [-0.05, 0) is 12.8 Å². The fraction of sp³-hybridized carbons (Fsp3) is 0.700. The molecule has 0 aromatic rings. The molecule has 0 saturated carbocycles. The first-order chi connectivity index (χ1) is 6.20. The van der Waals surface area contributed by atoms with Crippen LogP contribution in [0.4, 0.5) is 0 Å². The normalized spacial score (nSPS) is 24.5. The Hall–Kier alpha value is -0.490. The molecule has 72 valence electrons. The summed E-state index contributed by atoms with van der Waals surface area (Å²) in [5.41, 5.74) is 0. The first-order valence-corrected chi connectivity index (χ1v) is 5.50. The van der Waals surface area contributed by atoms with Gasteiger partial charge < -0.3 is 4.90 Å². The Labute approximate surface area is 87.8 Å². The van der Waals surface area contributed by atoms with Crippen LogP contribution in [-0.2, 0) is 4.79 Å². The van der Waals surface area contributed by atoms with Crippen LogP contribution in [0.3, 0.4) is 0 Å². The fourth-order valence-corrected chi connectivity index (χ4v) is 2.11. The van der Waals surface area contributed by atoms with Crippen LogP contribution in [0, 0.1) is 12.3 Å². The second-order valence-corrected chi connectivity index (χ2v) is 4.36. The van der Waals surface area contributed by atoms with Crippen LogP contribution in [-0.4, -0.2) is 28.2 Å². The van der Waals surface area contributed by atoms with Gasteiger partial charge >= 0.3 is 0 Å². The summed E-state index contributed by atoms with van der Waals surface area (Å²) >= 11 is 3.35. The van der Waals surface area contributed by atoms with Crippen LogP contribution in [0.5, 0.6) is 0 Å². The minimum absolute atomic E-state index is 0.0133. The molecule has 0 aliphatic carbocycles. The van der Waals surface area contributed by atoms with Crippen LogP contribution in [0.1, 0.15) is 26.2 Å². The highest BCUT2D eigenvalue weighted by atomic mass is 79.9. The first-order valence-electron chi connectivity index (χ1n) is 4.58. The van der Waals surface area contributed by atoms with Gasteiger partial charge in [-0.25, -0.2) is 0 Å². The number of hydrogen-bond donors (Lipinski definition) is 0. The molecular formula is C10H14BrNO. The van der Waals surface area contributed by atoms with Gasteiger partial charge in [-0.15, -0.1) is 12.3 Å². The van der Waals surface area contributed by atoms with Gasteiger partial charge in [-0.1, -0.05) is 22.9 Å². The third-order valence-electron chi connectivity index (χ3n) is 2.44. The maximum atomic E-state index is 11.6. The zero-order valence-electron chi connectivity index (χ0n) is 7.79. The summed E-state index contributed by atoms with van der Waals surface area (Å²) in [5.74, 6) is 2.82. The topological polar surface area (TPSA) is 20.3 Å². The molecule has 0 radical (unpaired) electrons. The van der Waals surface area contributed by atoms with Crippen molar-refractivity contribution in [1.82, 2.24) is 4.90 Å². The molecule has 1 rings (SSSR count). The molecule has 1 fully saturated rings. The lowest BCUT2D eigenvalue weighted by Gasteiger charge is -2.25. The molecule has 2 unspecified atom stereocenters. The summed E-state index contributed by atoms with van der Waals surface area (Å²) < 4.78 is 0.